The number of carbonyl (C=O) groups is 1. The van der Waals surface area contributed by atoms with Gasteiger partial charge in [0.1, 0.15) is 4.88 Å². The maximum Gasteiger partial charge on any atom is 0.345 e. The van der Waals surface area contributed by atoms with E-state index in [2.05, 4.69) is 5.10 Å². The molecule has 0 radical (unpaired) electrons. The van der Waals surface area contributed by atoms with E-state index in [0.717, 1.165) is 10.6 Å². The molecule has 0 saturated carbocycles. The molecule has 0 amide bonds. The molecule has 0 unspecified atom stereocenters. The predicted octanol–water partition coefficient (Wildman–Crippen LogP) is 1.85. The van der Waals surface area contributed by atoms with Gasteiger partial charge in [0.15, 0.2) is 0 Å². The smallest absolute Gasteiger partial charge is 0.345 e. The van der Waals surface area contributed by atoms with Gasteiger partial charge in [-0.25, -0.2) is 4.79 Å². The van der Waals surface area contributed by atoms with Gasteiger partial charge in [0.25, 0.3) is 0 Å². The highest BCUT2D eigenvalue weighted by Gasteiger charge is 2.09. The monoisotopic (exact) mass is 208 g/mol. The van der Waals surface area contributed by atoms with Crippen LogP contribution in [0.15, 0.2) is 24.4 Å². The Morgan fingerprint density at radius 3 is 2.79 bits per heavy atom. The van der Waals surface area contributed by atoms with Crippen molar-refractivity contribution in [2.24, 2.45) is 7.05 Å². The van der Waals surface area contributed by atoms with Crippen molar-refractivity contribution in [1.29, 1.82) is 0 Å². The van der Waals surface area contributed by atoms with Gasteiger partial charge < -0.3 is 5.11 Å². The molecule has 0 aliphatic carbocycles. The van der Waals surface area contributed by atoms with Crippen LogP contribution in [0.5, 0.6) is 0 Å². The Morgan fingerprint density at radius 2 is 2.29 bits per heavy atom. The number of carboxylic acids is 1. The lowest BCUT2D eigenvalue weighted by Gasteiger charge is -1.95. The second-order valence-corrected chi connectivity index (χ2v) is 3.89. The van der Waals surface area contributed by atoms with Crippen LogP contribution in [0, 0.1) is 0 Å². The topological polar surface area (TPSA) is 55.1 Å². The van der Waals surface area contributed by atoms with E-state index in [0.29, 0.717) is 4.88 Å². The molecule has 4 nitrogen and oxygen atoms in total. The van der Waals surface area contributed by atoms with Crippen LogP contribution in [0.3, 0.4) is 0 Å². The minimum atomic E-state index is -0.886. The molecule has 2 aromatic heterocycles. The van der Waals surface area contributed by atoms with Gasteiger partial charge in [0, 0.05) is 13.2 Å². The Bertz CT molecular complexity index is 473. The van der Waals surface area contributed by atoms with Crippen molar-refractivity contribution in [3.8, 4) is 10.6 Å². The van der Waals surface area contributed by atoms with E-state index >= 15 is 0 Å². The van der Waals surface area contributed by atoms with Gasteiger partial charge >= 0.3 is 5.97 Å². The second-order valence-electron chi connectivity index (χ2n) is 2.81. The van der Waals surface area contributed by atoms with Gasteiger partial charge in [-0.3, -0.25) is 4.68 Å². The minimum absolute atomic E-state index is 0.348. The van der Waals surface area contributed by atoms with Gasteiger partial charge in [-0.15, -0.1) is 11.3 Å². The number of nitrogens with zero attached hydrogens (tertiary/aromatic N) is 2. The Kier molecular flexibility index (Phi) is 2.09. The molecular formula is C9H8N2O2S. The average molecular weight is 208 g/mol. The standard InChI is InChI=1S/C9H8N2O2S/c1-11-6(4-5-10-11)7-2-3-8(14-7)9(12)13/h2-5H,1H3,(H,12,13). The molecule has 2 rings (SSSR count). The third kappa shape index (κ3) is 1.42. The fourth-order valence-electron chi connectivity index (χ4n) is 1.21. The molecule has 5 heteroatoms. The summed E-state index contributed by atoms with van der Waals surface area (Å²) in [6.07, 6.45) is 1.69. The van der Waals surface area contributed by atoms with E-state index in [9.17, 15) is 4.79 Å². The molecule has 0 fully saturated rings. The number of hydrogen-bond acceptors (Lipinski definition) is 3. The first kappa shape index (κ1) is 8.96. The molecule has 1 N–H and O–H groups in total. The maximum atomic E-state index is 10.7. The van der Waals surface area contributed by atoms with E-state index in [-0.39, 0.29) is 0 Å². The number of carboxylic acid groups (broad SMARTS) is 1. The Labute approximate surface area is 84.4 Å². The van der Waals surface area contributed by atoms with Gasteiger partial charge in [0.05, 0.1) is 10.6 Å². The van der Waals surface area contributed by atoms with Gasteiger partial charge in [0.2, 0.25) is 0 Å². The molecule has 0 atom stereocenters. The summed E-state index contributed by atoms with van der Waals surface area (Å²) < 4.78 is 1.72. The lowest BCUT2D eigenvalue weighted by atomic mass is 10.3. The highest BCUT2D eigenvalue weighted by molar-refractivity contribution is 7.17. The molecule has 0 bridgehead atoms. The normalized spacial score (nSPS) is 10.4. The first-order valence-corrected chi connectivity index (χ1v) is 4.81. The summed E-state index contributed by atoms with van der Waals surface area (Å²) in [6.45, 7) is 0. The molecule has 2 heterocycles. The van der Waals surface area contributed by atoms with Crippen LogP contribution in [-0.4, -0.2) is 20.9 Å². The lowest BCUT2D eigenvalue weighted by molar-refractivity contribution is 0.0702. The summed E-state index contributed by atoms with van der Waals surface area (Å²) in [7, 11) is 1.83. The van der Waals surface area contributed by atoms with Crippen molar-refractivity contribution in [1.82, 2.24) is 9.78 Å². The third-order valence-electron chi connectivity index (χ3n) is 1.89. The van der Waals surface area contributed by atoms with Crippen molar-refractivity contribution < 1.29 is 9.90 Å². The van der Waals surface area contributed by atoms with Crippen LogP contribution in [0.2, 0.25) is 0 Å². The lowest BCUT2D eigenvalue weighted by Crippen LogP contribution is -1.91. The second kappa shape index (κ2) is 3.26. The number of thiophene rings is 1. The van der Waals surface area contributed by atoms with Gasteiger partial charge in [-0.05, 0) is 18.2 Å². The highest BCUT2D eigenvalue weighted by atomic mass is 32.1. The molecule has 0 spiro atoms. The van der Waals surface area contributed by atoms with E-state index in [1.165, 1.54) is 11.3 Å². The molecular weight excluding hydrogens is 200 g/mol. The summed E-state index contributed by atoms with van der Waals surface area (Å²) in [6, 6.07) is 5.26. The van der Waals surface area contributed by atoms with Crippen molar-refractivity contribution in [3.05, 3.63) is 29.3 Å². The largest absolute Gasteiger partial charge is 0.477 e. The zero-order valence-corrected chi connectivity index (χ0v) is 8.28. The number of aryl methyl sites for hydroxylation is 1. The van der Waals surface area contributed by atoms with Crippen LogP contribution in [0.25, 0.3) is 10.6 Å². The van der Waals surface area contributed by atoms with Crippen molar-refractivity contribution in [2.75, 3.05) is 0 Å². The van der Waals surface area contributed by atoms with Crippen LogP contribution < -0.4 is 0 Å². The van der Waals surface area contributed by atoms with E-state index in [1.807, 2.05) is 13.1 Å². The van der Waals surface area contributed by atoms with Crippen LogP contribution in [-0.2, 0) is 7.05 Å². The molecule has 72 valence electrons. The molecule has 0 aliphatic heterocycles. The maximum absolute atomic E-state index is 10.7. The van der Waals surface area contributed by atoms with Crippen LogP contribution in [0.4, 0.5) is 0 Å². The number of hydrogen-bond donors (Lipinski definition) is 1. The van der Waals surface area contributed by atoms with Gasteiger partial charge in [-0.2, -0.15) is 5.10 Å². The zero-order valence-electron chi connectivity index (χ0n) is 7.47. The van der Waals surface area contributed by atoms with Crippen molar-refractivity contribution >= 4 is 17.3 Å². The molecule has 0 aromatic carbocycles. The Hall–Kier alpha value is -1.62. The third-order valence-corrected chi connectivity index (χ3v) is 2.99. The number of rotatable bonds is 2. The predicted molar refractivity (Wildman–Crippen MR) is 53.5 cm³/mol. The Balaban J connectivity index is 2.43. The van der Waals surface area contributed by atoms with Crippen LogP contribution >= 0.6 is 11.3 Å². The van der Waals surface area contributed by atoms with Crippen LogP contribution in [0.1, 0.15) is 9.67 Å². The van der Waals surface area contributed by atoms with E-state index in [1.54, 1.807) is 23.0 Å². The Morgan fingerprint density at radius 1 is 1.50 bits per heavy atom. The quantitative estimate of drug-likeness (QED) is 0.819. The van der Waals surface area contributed by atoms with Crippen molar-refractivity contribution in [3.63, 3.8) is 0 Å². The number of aromatic carboxylic acids is 1. The number of aromatic nitrogens is 2. The first-order valence-electron chi connectivity index (χ1n) is 4.00. The minimum Gasteiger partial charge on any atom is -0.477 e. The molecule has 0 saturated heterocycles. The summed E-state index contributed by atoms with van der Waals surface area (Å²) in [4.78, 5) is 11.9. The SMILES string of the molecule is Cn1nccc1-c1ccc(C(=O)O)s1. The van der Waals surface area contributed by atoms with E-state index < -0.39 is 5.97 Å². The fourth-order valence-corrected chi connectivity index (χ4v) is 2.11. The summed E-state index contributed by atoms with van der Waals surface area (Å²) in [5.74, 6) is -0.886. The van der Waals surface area contributed by atoms with Gasteiger partial charge in [-0.1, -0.05) is 0 Å². The average Bonchev–Trinajstić information content (AvgIpc) is 2.71. The first-order chi connectivity index (χ1) is 6.68. The molecule has 0 aliphatic rings. The highest BCUT2D eigenvalue weighted by Crippen LogP contribution is 2.27. The summed E-state index contributed by atoms with van der Waals surface area (Å²) in [5.41, 5.74) is 0.933. The fraction of sp³-hybridized carbons (Fsp3) is 0.111. The summed E-state index contributed by atoms with van der Waals surface area (Å²) >= 11 is 1.25. The molecule has 14 heavy (non-hydrogen) atoms. The summed E-state index contributed by atoms with van der Waals surface area (Å²) in [5, 5.41) is 12.8. The van der Waals surface area contributed by atoms with Crippen molar-refractivity contribution in [2.45, 2.75) is 0 Å². The zero-order chi connectivity index (χ0) is 10.1. The van der Waals surface area contributed by atoms with E-state index in [4.69, 9.17) is 5.11 Å². The molecule has 2 aromatic rings.